The van der Waals surface area contributed by atoms with E-state index in [1.807, 2.05) is 11.3 Å². The van der Waals surface area contributed by atoms with Gasteiger partial charge in [-0.2, -0.15) is 0 Å². The van der Waals surface area contributed by atoms with Crippen molar-refractivity contribution >= 4 is 17.2 Å². The van der Waals surface area contributed by atoms with E-state index >= 15 is 0 Å². The number of benzene rings is 1. The molecule has 1 aliphatic heterocycles. The van der Waals surface area contributed by atoms with E-state index < -0.39 is 0 Å². The molecule has 4 heteroatoms. The van der Waals surface area contributed by atoms with Gasteiger partial charge < -0.3 is 5.32 Å². The lowest BCUT2D eigenvalue weighted by Gasteiger charge is -2.33. The van der Waals surface area contributed by atoms with Crippen LogP contribution in [0.15, 0.2) is 35.7 Å². The fraction of sp³-hybridized carbons (Fsp3) is 0.476. The molecule has 0 radical (unpaired) electrons. The van der Waals surface area contributed by atoms with Crippen LogP contribution in [0.1, 0.15) is 47.3 Å². The van der Waals surface area contributed by atoms with Crippen LogP contribution >= 0.6 is 11.3 Å². The van der Waals surface area contributed by atoms with E-state index in [0.29, 0.717) is 6.04 Å². The predicted octanol–water partition coefficient (Wildman–Crippen LogP) is 3.73. The number of carbonyl (C=O) groups is 1. The summed E-state index contributed by atoms with van der Waals surface area (Å²) >= 11 is 1.87. The molecule has 1 aliphatic carbocycles. The molecule has 0 saturated heterocycles. The lowest BCUT2D eigenvalue weighted by molar-refractivity contribution is -0.123. The number of fused-ring (bicyclic) bond motifs is 2. The summed E-state index contributed by atoms with van der Waals surface area (Å²) < 4.78 is 0. The van der Waals surface area contributed by atoms with Gasteiger partial charge in [-0.15, -0.1) is 11.3 Å². The molecule has 2 heterocycles. The van der Waals surface area contributed by atoms with Crippen molar-refractivity contribution in [2.45, 2.75) is 51.1 Å². The number of nitrogens with zero attached hydrogens (tertiary/aromatic N) is 1. The largest absolute Gasteiger partial charge is 0.354 e. The highest BCUT2D eigenvalue weighted by Crippen LogP contribution is 2.31. The van der Waals surface area contributed by atoms with E-state index in [4.69, 9.17) is 0 Å². The lowest BCUT2D eigenvalue weighted by Crippen LogP contribution is -2.45. The van der Waals surface area contributed by atoms with E-state index in [1.165, 1.54) is 21.6 Å². The van der Waals surface area contributed by atoms with Gasteiger partial charge in [0, 0.05) is 30.6 Å². The van der Waals surface area contributed by atoms with Crippen molar-refractivity contribution < 1.29 is 4.79 Å². The minimum absolute atomic E-state index is 0.0296. The molecule has 1 aromatic carbocycles. The first kappa shape index (κ1) is 16.8. The van der Waals surface area contributed by atoms with Crippen LogP contribution in [0.3, 0.4) is 0 Å². The summed E-state index contributed by atoms with van der Waals surface area (Å²) in [5, 5.41) is 5.43. The minimum Gasteiger partial charge on any atom is -0.354 e. The Kier molecular flexibility index (Phi) is 4.91. The van der Waals surface area contributed by atoms with Crippen molar-refractivity contribution in [2.24, 2.45) is 0 Å². The number of thiophene rings is 1. The van der Waals surface area contributed by atoms with Crippen molar-refractivity contribution in [3.05, 3.63) is 57.3 Å². The zero-order valence-corrected chi connectivity index (χ0v) is 15.6. The molecular weight excluding hydrogens is 328 g/mol. The molecule has 2 aliphatic rings. The third-order valence-corrected chi connectivity index (χ3v) is 6.74. The molecule has 2 unspecified atom stereocenters. The zero-order chi connectivity index (χ0) is 17.2. The Bertz CT molecular complexity index is 754. The van der Waals surface area contributed by atoms with Crippen LogP contribution < -0.4 is 5.32 Å². The third kappa shape index (κ3) is 3.51. The van der Waals surface area contributed by atoms with E-state index in [-0.39, 0.29) is 11.8 Å². The minimum atomic E-state index is 0.0296. The molecule has 1 N–H and O–H groups in total. The molecule has 1 aromatic heterocycles. The molecule has 0 fully saturated rings. The van der Waals surface area contributed by atoms with Crippen LogP contribution in [-0.2, 0) is 24.2 Å². The fourth-order valence-corrected chi connectivity index (χ4v) is 5.06. The summed E-state index contributed by atoms with van der Waals surface area (Å²) in [6.45, 7) is 5.07. The van der Waals surface area contributed by atoms with Crippen LogP contribution in [0.5, 0.6) is 0 Å². The number of amides is 1. The van der Waals surface area contributed by atoms with Crippen molar-refractivity contribution in [2.75, 3.05) is 13.1 Å². The van der Waals surface area contributed by atoms with Crippen molar-refractivity contribution in [1.29, 1.82) is 0 Å². The first-order valence-electron chi connectivity index (χ1n) is 9.37. The van der Waals surface area contributed by atoms with Gasteiger partial charge >= 0.3 is 0 Å². The van der Waals surface area contributed by atoms with Gasteiger partial charge in [-0.05, 0) is 60.7 Å². The van der Waals surface area contributed by atoms with Crippen molar-refractivity contribution in [1.82, 2.24) is 10.2 Å². The average molecular weight is 355 g/mol. The first-order chi connectivity index (χ1) is 12.2. The standard InChI is InChI=1S/C21H26N2OS/c1-15(23-11-9-20-17(14-23)10-12-25-20)13-22-21(24)19-8-4-6-16-5-2-3-7-18(16)19/h2-3,5,7,10,12,15,19H,4,6,8-9,11,13-14H2,1H3,(H,22,24). The molecule has 0 saturated carbocycles. The van der Waals surface area contributed by atoms with Gasteiger partial charge in [0.25, 0.3) is 0 Å². The monoisotopic (exact) mass is 354 g/mol. The number of carbonyl (C=O) groups excluding carboxylic acids is 1. The van der Waals surface area contributed by atoms with E-state index in [9.17, 15) is 4.79 Å². The molecule has 2 atom stereocenters. The van der Waals surface area contributed by atoms with E-state index in [0.717, 1.165) is 45.3 Å². The van der Waals surface area contributed by atoms with Gasteiger partial charge in [-0.1, -0.05) is 24.3 Å². The molecule has 1 amide bonds. The third-order valence-electron chi connectivity index (χ3n) is 5.72. The second-order valence-electron chi connectivity index (χ2n) is 7.33. The second-order valence-corrected chi connectivity index (χ2v) is 8.33. The molecule has 4 rings (SSSR count). The summed E-state index contributed by atoms with van der Waals surface area (Å²) in [5.74, 6) is 0.231. The topological polar surface area (TPSA) is 32.3 Å². The quantitative estimate of drug-likeness (QED) is 0.907. The maximum Gasteiger partial charge on any atom is 0.227 e. The van der Waals surface area contributed by atoms with Crippen LogP contribution in [0.25, 0.3) is 0 Å². The Morgan fingerprint density at radius 3 is 3.08 bits per heavy atom. The average Bonchev–Trinajstić information content (AvgIpc) is 3.13. The van der Waals surface area contributed by atoms with E-state index in [2.05, 4.69) is 52.9 Å². The summed E-state index contributed by atoms with van der Waals surface area (Å²) in [6.07, 6.45) is 4.32. The molecule has 25 heavy (non-hydrogen) atoms. The SMILES string of the molecule is CC(CNC(=O)C1CCCc2ccccc21)N1CCc2sccc2C1. The summed E-state index contributed by atoms with van der Waals surface area (Å²) in [6, 6.07) is 11.1. The first-order valence-corrected chi connectivity index (χ1v) is 10.2. The van der Waals surface area contributed by atoms with Crippen molar-refractivity contribution in [3.63, 3.8) is 0 Å². The predicted molar refractivity (Wildman–Crippen MR) is 103 cm³/mol. The molecule has 0 spiro atoms. The maximum atomic E-state index is 12.8. The highest BCUT2D eigenvalue weighted by atomic mass is 32.1. The molecule has 132 valence electrons. The van der Waals surface area contributed by atoms with Crippen LogP contribution in [0, 0.1) is 0 Å². The second kappa shape index (κ2) is 7.30. The highest BCUT2D eigenvalue weighted by Gasteiger charge is 2.27. The molecule has 3 nitrogen and oxygen atoms in total. The van der Waals surface area contributed by atoms with Gasteiger partial charge in [0.2, 0.25) is 5.91 Å². The maximum absolute atomic E-state index is 12.8. The van der Waals surface area contributed by atoms with Crippen LogP contribution in [0.4, 0.5) is 0 Å². The molecule has 0 bridgehead atoms. The lowest BCUT2D eigenvalue weighted by atomic mass is 9.82. The van der Waals surface area contributed by atoms with Crippen LogP contribution in [-0.4, -0.2) is 29.9 Å². The number of rotatable bonds is 4. The van der Waals surface area contributed by atoms with E-state index in [1.54, 1.807) is 0 Å². The Labute approximate surface area is 154 Å². The fourth-order valence-electron chi connectivity index (χ4n) is 4.17. The number of hydrogen-bond acceptors (Lipinski definition) is 3. The van der Waals surface area contributed by atoms with Crippen molar-refractivity contribution in [3.8, 4) is 0 Å². The number of nitrogens with one attached hydrogen (secondary N) is 1. The molecular formula is C21H26N2OS. The van der Waals surface area contributed by atoms with Gasteiger partial charge in [-0.25, -0.2) is 0 Å². The summed E-state index contributed by atoms with van der Waals surface area (Å²) in [5.41, 5.74) is 4.05. The van der Waals surface area contributed by atoms with Gasteiger partial charge in [0.05, 0.1) is 5.92 Å². The molecule has 2 aromatic rings. The Hall–Kier alpha value is -1.65. The Morgan fingerprint density at radius 2 is 2.16 bits per heavy atom. The summed E-state index contributed by atoms with van der Waals surface area (Å²) in [7, 11) is 0. The van der Waals surface area contributed by atoms with Crippen LogP contribution in [0.2, 0.25) is 0 Å². The summed E-state index contributed by atoms with van der Waals surface area (Å²) in [4.78, 5) is 16.8. The van der Waals surface area contributed by atoms with Gasteiger partial charge in [0.1, 0.15) is 0 Å². The number of aryl methyl sites for hydroxylation is 1. The van der Waals surface area contributed by atoms with Gasteiger partial charge in [0.15, 0.2) is 0 Å². The zero-order valence-electron chi connectivity index (χ0n) is 14.8. The van der Waals surface area contributed by atoms with Gasteiger partial charge in [-0.3, -0.25) is 9.69 Å². The smallest absolute Gasteiger partial charge is 0.227 e. The Balaban J connectivity index is 1.35. The normalized spacial score (nSPS) is 21.2. The highest BCUT2D eigenvalue weighted by molar-refractivity contribution is 7.10. The number of hydrogen-bond donors (Lipinski definition) is 1. The Morgan fingerprint density at radius 1 is 1.28 bits per heavy atom.